The van der Waals surface area contributed by atoms with Gasteiger partial charge in [0, 0.05) is 31.1 Å². The number of aryl methyl sites for hydroxylation is 1. The van der Waals surface area contributed by atoms with E-state index in [9.17, 15) is 0 Å². The van der Waals surface area contributed by atoms with Crippen LogP contribution in [0.5, 0.6) is 0 Å². The van der Waals surface area contributed by atoms with Crippen LogP contribution in [-0.2, 0) is 6.42 Å². The number of pyridine rings is 1. The van der Waals surface area contributed by atoms with Crippen molar-refractivity contribution < 1.29 is 4.42 Å². The summed E-state index contributed by atoms with van der Waals surface area (Å²) in [6.07, 6.45) is 3.72. The number of nitrogens with one attached hydrogen (secondary N) is 2. The number of furan rings is 1. The lowest BCUT2D eigenvalue weighted by Crippen LogP contribution is -2.38. The van der Waals surface area contributed by atoms with Crippen molar-refractivity contribution in [3.63, 3.8) is 0 Å². The molecule has 4 aromatic rings. The summed E-state index contributed by atoms with van der Waals surface area (Å²) in [6, 6.07) is 16.1. The summed E-state index contributed by atoms with van der Waals surface area (Å²) >= 11 is 0. The van der Waals surface area contributed by atoms with Crippen molar-refractivity contribution in [2.75, 3.05) is 13.1 Å². The predicted molar refractivity (Wildman–Crippen MR) is 115 cm³/mol. The van der Waals surface area contributed by atoms with E-state index in [0.717, 1.165) is 53.5 Å². The molecule has 0 radical (unpaired) electrons. The zero-order chi connectivity index (χ0) is 20.1. The van der Waals surface area contributed by atoms with E-state index < -0.39 is 0 Å². The lowest BCUT2D eigenvalue weighted by molar-refractivity contribution is 0.488. The first-order valence-corrected chi connectivity index (χ1v) is 10.1. The second kappa shape index (κ2) is 8.77. The van der Waals surface area contributed by atoms with Crippen molar-refractivity contribution in [3.8, 4) is 0 Å². The van der Waals surface area contributed by atoms with Gasteiger partial charge in [-0.3, -0.25) is 9.39 Å². The normalized spacial score (nSPS) is 13.1. The topological polar surface area (TPSA) is 79.8 Å². The fourth-order valence-corrected chi connectivity index (χ4v) is 3.30. The second-order valence-corrected chi connectivity index (χ2v) is 6.96. The molecule has 0 aliphatic heterocycles. The van der Waals surface area contributed by atoms with E-state index in [1.807, 2.05) is 47.0 Å². The molecule has 7 nitrogen and oxygen atoms in total. The van der Waals surface area contributed by atoms with E-state index in [0.29, 0.717) is 6.54 Å². The van der Waals surface area contributed by atoms with Gasteiger partial charge < -0.3 is 15.1 Å². The molecular formula is C22H26N6O. The van der Waals surface area contributed by atoms with Crippen LogP contribution in [0.2, 0.25) is 0 Å². The average Bonchev–Trinajstić information content (AvgIpc) is 3.35. The van der Waals surface area contributed by atoms with Gasteiger partial charge >= 0.3 is 0 Å². The largest absolute Gasteiger partial charge is 0.459 e. The lowest BCUT2D eigenvalue weighted by atomic mass is 10.2. The Bertz CT molecular complexity index is 1080. The number of benzene rings is 1. The van der Waals surface area contributed by atoms with Gasteiger partial charge in [0.25, 0.3) is 0 Å². The lowest BCUT2D eigenvalue weighted by Gasteiger charge is -2.16. The van der Waals surface area contributed by atoms with E-state index in [1.165, 1.54) is 0 Å². The van der Waals surface area contributed by atoms with Gasteiger partial charge in [-0.05, 0) is 44.5 Å². The van der Waals surface area contributed by atoms with Gasteiger partial charge in [0.1, 0.15) is 17.2 Å². The Balaban J connectivity index is 1.36. The molecule has 0 saturated heterocycles. The van der Waals surface area contributed by atoms with Crippen LogP contribution in [0.3, 0.4) is 0 Å². The highest BCUT2D eigenvalue weighted by atomic mass is 16.3. The SMILES string of the molecule is CCNC(=NCCCc1nnc2ccccn12)NC(C)c1cc2ccccc2o1. The molecule has 7 heteroatoms. The van der Waals surface area contributed by atoms with Crippen LogP contribution in [0.1, 0.15) is 37.9 Å². The third-order valence-electron chi connectivity index (χ3n) is 4.78. The molecule has 3 aromatic heterocycles. The van der Waals surface area contributed by atoms with Crippen LogP contribution in [0.4, 0.5) is 0 Å². The summed E-state index contributed by atoms with van der Waals surface area (Å²) in [4.78, 5) is 4.71. The molecule has 0 spiro atoms. The molecule has 29 heavy (non-hydrogen) atoms. The molecule has 1 aromatic carbocycles. The number of aromatic nitrogens is 3. The molecule has 0 saturated carbocycles. The molecule has 1 unspecified atom stereocenters. The van der Waals surface area contributed by atoms with Crippen LogP contribution >= 0.6 is 0 Å². The van der Waals surface area contributed by atoms with Gasteiger partial charge in [-0.1, -0.05) is 24.3 Å². The number of hydrogen-bond acceptors (Lipinski definition) is 4. The maximum Gasteiger partial charge on any atom is 0.191 e. The number of para-hydroxylation sites is 1. The quantitative estimate of drug-likeness (QED) is 0.286. The maximum atomic E-state index is 5.96. The summed E-state index contributed by atoms with van der Waals surface area (Å²) in [7, 11) is 0. The molecule has 0 aliphatic rings. The van der Waals surface area contributed by atoms with Crippen molar-refractivity contribution in [3.05, 3.63) is 66.3 Å². The van der Waals surface area contributed by atoms with Crippen LogP contribution in [-0.4, -0.2) is 33.6 Å². The molecule has 150 valence electrons. The minimum atomic E-state index is 0.0145. The monoisotopic (exact) mass is 390 g/mol. The Kier molecular flexibility index (Phi) is 5.74. The number of fused-ring (bicyclic) bond motifs is 2. The van der Waals surface area contributed by atoms with Gasteiger partial charge in [0.15, 0.2) is 11.6 Å². The molecule has 0 fully saturated rings. The van der Waals surface area contributed by atoms with Crippen molar-refractivity contribution in [1.82, 2.24) is 25.2 Å². The first kappa shape index (κ1) is 19.0. The Morgan fingerprint density at radius 2 is 2.03 bits per heavy atom. The Labute approximate surface area is 169 Å². The van der Waals surface area contributed by atoms with E-state index >= 15 is 0 Å². The summed E-state index contributed by atoms with van der Waals surface area (Å²) in [6.45, 7) is 5.63. The van der Waals surface area contributed by atoms with Crippen LogP contribution in [0.15, 0.2) is 64.1 Å². The summed E-state index contributed by atoms with van der Waals surface area (Å²) in [5.74, 6) is 2.64. The molecule has 4 rings (SSSR count). The highest BCUT2D eigenvalue weighted by Crippen LogP contribution is 2.23. The van der Waals surface area contributed by atoms with E-state index in [2.05, 4.69) is 46.8 Å². The Morgan fingerprint density at radius 1 is 1.17 bits per heavy atom. The molecule has 0 amide bonds. The third kappa shape index (κ3) is 4.39. The number of hydrogen-bond donors (Lipinski definition) is 2. The zero-order valence-electron chi connectivity index (χ0n) is 16.8. The van der Waals surface area contributed by atoms with Crippen LogP contribution in [0.25, 0.3) is 16.6 Å². The van der Waals surface area contributed by atoms with Gasteiger partial charge in [-0.2, -0.15) is 0 Å². The summed E-state index contributed by atoms with van der Waals surface area (Å²) in [5, 5.41) is 16.3. The van der Waals surface area contributed by atoms with Crippen LogP contribution in [0, 0.1) is 0 Å². The molecule has 3 heterocycles. The fourth-order valence-electron chi connectivity index (χ4n) is 3.30. The molecule has 0 aliphatic carbocycles. The van der Waals surface area contributed by atoms with Gasteiger partial charge in [-0.25, -0.2) is 0 Å². The van der Waals surface area contributed by atoms with Crippen molar-refractivity contribution in [1.29, 1.82) is 0 Å². The van der Waals surface area contributed by atoms with Crippen molar-refractivity contribution in [2.45, 2.75) is 32.7 Å². The van der Waals surface area contributed by atoms with Crippen LogP contribution < -0.4 is 10.6 Å². The highest BCUT2D eigenvalue weighted by molar-refractivity contribution is 5.81. The molecule has 2 N–H and O–H groups in total. The number of guanidine groups is 1. The third-order valence-corrected chi connectivity index (χ3v) is 4.78. The minimum absolute atomic E-state index is 0.0145. The Morgan fingerprint density at radius 3 is 2.90 bits per heavy atom. The number of nitrogens with zero attached hydrogens (tertiary/aromatic N) is 4. The summed E-state index contributed by atoms with van der Waals surface area (Å²) in [5.41, 5.74) is 1.78. The van der Waals surface area contributed by atoms with E-state index in [1.54, 1.807) is 0 Å². The highest BCUT2D eigenvalue weighted by Gasteiger charge is 2.13. The summed E-state index contributed by atoms with van der Waals surface area (Å²) < 4.78 is 7.99. The van der Waals surface area contributed by atoms with Crippen molar-refractivity contribution in [2.24, 2.45) is 4.99 Å². The first-order chi connectivity index (χ1) is 14.2. The average molecular weight is 390 g/mol. The number of rotatable bonds is 7. The Hall–Kier alpha value is -3.35. The zero-order valence-corrected chi connectivity index (χ0v) is 16.8. The number of aliphatic imine (C=N–C) groups is 1. The molecule has 0 bridgehead atoms. The van der Waals surface area contributed by atoms with Gasteiger partial charge in [0.05, 0.1) is 6.04 Å². The second-order valence-electron chi connectivity index (χ2n) is 6.96. The van der Waals surface area contributed by atoms with E-state index in [-0.39, 0.29) is 6.04 Å². The standard InChI is InChI=1S/C22H26N6O/c1-3-23-22(25-16(2)19-15-17-9-4-5-10-18(17)29-19)24-13-8-12-21-27-26-20-11-6-7-14-28(20)21/h4-7,9-11,14-16H,3,8,12-13H2,1-2H3,(H2,23,24,25). The maximum absolute atomic E-state index is 5.96. The van der Waals surface area contributed by atoms with Gasteiger partial charge in [0.2, 0.25) is 0 Å². The first-order valence-electron chi connectivity index (χ1n) is 10.1. The smallest absolute Gasteiger partial charge is 0.191 e. The van der Waals surface area contributed by atoms with E-state index in [4.69, 9.17) is 9.41 Å². The minimum Gasteiger partial charge on any atom is -0.459 e. The van der Waals surface area contributed by atoms with Gasteiger partial charge in [-0.15, -0.1) is 10.2 Å². The molecule has 1 atom stereocenters. The fraction of sp³-hybridized carbons (Fsp3) is 0.318. The predicted octanol–water partition coefficient (Wildman–Crippen LogP) is 3.72. The van der Waals surface area contributed by atoms with Crippen molar-refractivity contribution >= 4 is 22.6 Å². The molecular weight excluding hydrogens is 364 g/mol.